The Bertz CT molecular complexity index is 581. The van der Waals surface area contributed by atoms with E-state index >= 15 is 0 Å². The van der Waals surface area contributed by atoms with Crippen LogP contribution in [-0.2, 0) is 4.79 Å². The monoisotopic (exact) mass is 278 g/mol. The highest BCUT2D eigenvalue weighted by Gasteiger charge is 2.43. The van der Waals surface area contributed by atoms with Gasteiger partial charge in [0.25, 0.3) is 5.91 Å². The molecular formula is C14H18N2O4. The van der Waals surface area contributed by atoms with E-state index in [4.69, 9.17) is 0 Å². The zero-order chi connectivity index (χ0) is 14.8. The number of hydrogen-bond acceptors (Lipinski definition) is 3. The van der Waals surface area contributed by atoms with Gasteiger partial charge in [-0.05, 0) is 25.8 Å². The number of aliphatic carboxylic acids is 1. The van der Waals surface area contributed by atoms with Crippen molar-refractivity contribution in [2.45, 2.75) is 38.6 Å². The Morgan fingerprint density at radius 3 is 2.80 bits per heavy atom. The van der Waals surface area contributed by atoms with Crippen molar-refractivity contribution in [1.29, 1.82) is 0 Å². The number of hydrogen-bond donors (Lipinski definition) is 3. The Hall–Kier alpha value is -2.11. The summed E-state index contributed by atoms with van der Waals surface area (Å²) in [5.74, 6) is -1.34. The van der Waals surface area contributed by atoms with Crippen molar-refractivity contribution in [2.75, 3.05) is 0 Å². The number of amides is 1. The SMILES string of the molecule is CC1(C(=O)O)CCCCC1NC(=O)c1cccc(=O)[nH]1. The minimum absolute atomic E-state index is 0.149. The van der Waals surface area contributed by atoms with E-state index in [9.17, 15) is 19.5 Å². The molecule has 1 aliphatic rings. The fourth-order valence-corrected chi connectivity index (χ4v) is 2.64. The summed E-state index contributed by atoms with van der Waals surface area (Å²) in [5.41, 5.74) is -1.17. The van der Waals surface area contributed by atoms with E-state index in [1.165, 1.54) is 18.2 Å². The van der Waals surface area contributed by atoms with Crippen LogP contribution in [0.15, 0.2) is 23.0 Å². The topological polar surface area (TPSA) is 99.3 Å². The van der Waals surface area contributed by atoms with Crippen molar-refractivity contribution < 1.29 is 14.7 Å². The molecule has 1 aromatic rings. The van der Waals surface area contributed by atoms with E-state index in [2.05, 4.69) is 10.3 Å². The second-order valence-corrected chi connectivity index (χ2v) is 5.42. The molecule has 1 heterocycles. The summed E-state index contributed by atoms with van der Waals surface area (Å²) in [5, 5.41) is 12.1. The Kier molecular flexibility index (Phi) is 3.92. The molecule has 0 aromatic carbocycles. The molecule has 1 fully saturated rings. The van der Waals surface area contributed by atoms with E-state index in [0.717, 1.165) is 12.8 Å². The predicted octanol–water partition coefficient (Wildman–Crippen LogP) is 1.14. The van der Waals surface area contributed by atoms with Crippen molar-refractivity contribution in [3.8, 4) is 0 Å². The summed E-state index contributed by atoms with van der Waals surface area (Å²) in [6, 6.07) is 3.88. The van der Waals surface area contributed by atoms with Crippen LogP contribution in [0.25, 0.3) is 0 Å². The molecule has 6 heteroatoms. The number of carbonyl (C=O) groups excluding carboxylic acids is 1. The van der Waals surface area contributed by atoms with Crippen LogP contribution in [0, 0.1) is 5.41 Å². The van der Waals surface area contributed by atoms with Crippen LogP contribution in [0.4, 0.5) is 0 Å². The lowest BCUT2D eigenvalue weighted by molar-refractivity contribution is -0.151. The molecule has 1 amide bonds. The molecule has 0 radical (unpaired) electrons. The van der Waals surface area contributed by atoms with Gasteiger partial charge in [-0.3, -0.25) is 14.4 Å². The van der Waals surface area contributed by atoms with Gasteiger partial charge in [0.2, 0.25) is 5.56 Å². The summed E-state index contributed by atoms with van der Waals surface area (Å²) < 4.78 is 0. The van der Waals surface area contributed by atoms with Gasteiger partial charge in [0.1, 0.15) is 5.69 Å². The fourth-order valence-electron chi connectivity index (χ4n) is 2.64. The molecule has 20 heavy (non-hydrogen) atoms. The second-order valence-electron chi connectivity index (χ2n) is 5.42. The molecule has 2 rings (SSSR count). The standard InChI is InChI=1S/C14H18N2O4/c1-14(13(19)20)8-3-2-6-10(14)16-12(18)9-5-4-7-11(17)15-9/h4-5,7,10H,2-3,6,8H2,1H3,(H,15,17)(H,16,18)(H,19,20). The van der Waals surface area contributed by atoms with Crippen molar-refractivity contribution in [2.24, 2.45) is 5.41 Å². The minimum atomic E-state index is -0.955. The number of pyridine rings is 1. The number of carboxylic acid groups (broad SMARTS) is 1. The molecule has 1 aliphatic carbocycles. The second kappa shape index (κ2) is 5.48. The number of rotatable bonds is 3. The highest BCUT2D eigenvalue weighted by molar-refractivity contribution is 5.93. The molecule has 1 aromatic heterocycles. The average Bonchev–Trinajstić information content (AvgIpc) is 2.41. The minimum Gasteiger partial charge on any atom is -0.481 e. The van der Waals surface area contributed by atoms with Gasteiger partial charge >= 0.3 is 5.97 Å². The van der Waals surface area contributed by atoms with Gasteiger partial charge in [-0.25, -0.2) is 0 Å². The third-order valence-electron chi connectivity index (χ3n) is 4.01. The summed E-state index contributed by atoms with van der Waals surface area (Å²) in [6.07, 6.45) is 2.90. The van der Waals surface area contributed by atoms with Crippen LogP contribution in [-0.4, -0.2) is 28.0 Å². The Labute approximate surface area is 116 Å². The van der Waals surface area contributed by atoms with Crippen LogP contribution >= 0.6 is 0 Å². The summed E-state index contributed by atoms with van der Waals surface area (Å²) >= 11 is 0. The quantitative estimate of drug-likeness (QED) is 0.772. The maximum atomic E-state index is 12.1. The van der Waals surface area contributed by atoms with Crippen LogP contribution in [0.2, 0.25) is 0 Å². The zero-order valence-electron chi connectivity index (χ0n) is 11.3. The van der Waals surface area contributed by atoms with E-state index in [-0.39, 0.29) is 11.3 Å². The number of H-pyrrole nitrogens is 1. The maximum absolute atomic E-state index is 12.1. The third kappa shape index (κ3) is 2.74. The van der Waals surface area contributed by atoms with Crippen molar-refractivity contribution >= 4 is 11.9 Å². The van der Waals surface area contributed by atoms with Gasteiger partial charge in [0.05, 0.1) is 5.41 Å². The Morgan fingerprint density at radius 2 is 2.15 bits per heavy atom. The van der Waals surface area contributed by atoms with Crippen molar-refractivity contribution in [1.82, 2.24) is 10.3 Å². The lowest BCUT2D eigenvalue weighted by Crippen LogP contribution is -2.52. The first-order chi connectivity index (χ1) is 9.43. The highest BCUT2D eigenvalue weighted by atomic mass is 16.4. The van der Waals surface area contributed by atoms with Gasteiger partial charge in [0, 0.05) is 12.1 Å². The zero-order valence-corrected chi connectivity index (χ0v) is 11.3. The first-order valence-corrected chi connectivity index (χ1v) is 6.67. The molecule has 6 nitrogen and oxygen atoms in total. The smallest absolute Gasteiger partial charge is 0.311 e. The molecule has 3 N–H and O–H groups in total. The normalized spacial score (nSPS) is 25.9. The van der Waals surface area contributed by atoms with Crippen LogP contribution in [0.5, 0.6) is 0 Å². The molecular weight excluding hydrogens is 260 g/mol. The van der Waals surface area contributed by atoms with E-state index in [0.29, 0.717) is 12.8 Å². The molecule has 0 saturated heterocycles. The molecule has 0 bridgehead atoms. The molecule has 1 saturated carbocycles. The largest absolute Gasteiger partial charge is 0.481 e. The van der Waals surface area contributed by atoms with Gasteiger partial charge in [-0.2, -0.15) is 0 Å². The average molecular weight is 278 g/mol. The molecule has 2 unspecified atom stereocenters. The van der Waals surface area contributed by atoms with Crippen LogP contribution in [0.1, 0.15) is 43.1 Å². The maximum Gasteiger partial charge on any atom is 0.311 e. The number of nitrogens with one attached hydrogen (secondary N) is 2. The highest BCUT2D eigenvalue weighted by Crippen LogP contribution is 2.36. The summed E-state index contributed by atoms with van der Waals surface area (Å²) in [6.45, 7) is 1.66. The molecule has 2 atom stereocenters. The number of aromatic nitrogens is 1. The van der Waals surface area contributed by atoms with Gasteiger partial charge in [-0.15, -0.1) is 0 Å². The Morgan fingerprint density at radius 1 is 1.40 bits per heavy atom. The van der Waals surface area contributed by atoms with Gasteiger partial charge in [0.15, 0.2) is 0 Å². The first kappa shape index (κ1) is 14.3. The fraction of sp³-hybridized carbons (Fsp3) is 0.500. The number of carboxylic acids is 1. The third-order valence-corrected chi connectivity index (χ3v) is 4.01. The van der Waals surface area contributed by atoms with Crippen LogP contribution in [0.3, 0.4) is 0 Å². The van der Waals surface area contributed by atoms with Gasteiger partial charge < -0.3 is 15.4 Å². The lowest BCUT2D eigenvalue weighted by atomic mass is 9.71. The molecule has 0 aliphatic heterocycles. The predicted molar refractivity (Wildman–Crippen MR) is 72.5 cm³/mol. The van der Waals surface area contributed by atoms with Crippen molar-refractivity contribution in [3.63, 3.8) is 0 Å². The molecule has 0 spiro atoms. The van der Waals surface area contributed by atoms with Crippen LogP contribution < -0.4 is 10.9 Å². The van der Waals surface area contributed by atoms with E-state index in [1.54, 1.807) is 6.92 Å². The molecule has 108 valence electrons. The summed E-state index contributed by atoms with van der Waals surface area (Å²) in [4.78, 5) is 37.2. The Balaban J connectivity index is 2.17. The number of carbonyl (C=O) groups is 2. The van der Waals surface area contributed by atoms with E-state index in [1.807, 2.05) is 0 Å². The van der Waals surface area contributed by atoms with Crippen molar-refractivity contribution in [3.05, 3.63) is 34.2 Å². The summed E-state index contributed by atoms with van der Waals surface area (Å²) in [7, 11) is 0. The lowest BCUT2D eigenvalue weighted by Gasteiger charge is -2.38. The first-order valence-electron chi connectivity index (χ1n) is 6.67. The number of aromatic amines is 1. The van der Waals surface area contributed by atoms with E-state index < -0.39 is 23.3 Å². The van der Waals surface area contributed by atoms with Gasteiger partial charge in [-0.1, -0.05) is 18.9 Å².